The molecule has 0 radical (unpaired) electrons. The zero-order valence-corrected chi connectivity index (χ0v) is 15.4. The van der Waals surface area contributed by atoms with Crippen LogP contribution in [0.5, 0.6) is 0 Å². The summed E-state index contributed by atoms with van der Waals surface area (Å²) in [4.78, 5) is 12.9. The number of benzene rings is 2. The molecule has 2 aliphatic carbocycles. The minimum absolute atomic E-state index is 0.0166. The Hall–Kier alpha value is -1.86. The lowest BCUT2D eigenvalue weighted by Crippen LogP contribution is -2.20. The quantitative estimate of drug-likeness (QED) is 0.469. The molecule has 1 saturated carbocycles. The van der Waals surface area contributed by atoms with Crippen molar-refractivity contribution in [2.24, 2.45) is 5.92 Å². The van der Waals surface area contributed by atoms with Crippen molar-refractivity contribution in [2.45, 2.75) is 25.2 Å². The fourth-order valence-corrected chi connectivity index (χ4v) is 4.06. The number of halogens is 1. The lowest BCUT2D eigenvalue weighted by Gasteiger charge is -2.25. The van der Waals surface area contributed by atoms with E-state index in [-0.39, 0.29) is 11.7 Å². The van der Waals surface area contributed by atoms with E-state index in [2.05, 4.69) is 46.6 Å². The van der Waals surface area contributed by atoms with Crippen LogP contribution in [0.4, 0.5) is 0 Å². The first-order valence-corrected chi connectivity index (χ1v) is 9.42. The fraction of sp³-hybridized carbons (Fsp3) is 0.227. The van der Waals surface area contributed by atoms with Crippen LogP contribution in [-0.2, 0) is 4.79 Å². The van der Waals surface area contributed by atoms with E-state index in [1.54, 1.807) is 0 Å². The summed E-state index contributed by atoms with van der Waals surface area (Å²) in [6.45, 7) is 0. The second kappa shape index (κ2) is 6.57. The van der Waals surface area contributed by atoms with Gasteiger partial charge in [-0.05, 0) is 58.2 Å². The highest BCUT2D eigenvalue weighted by Crippen LogP contribution is 2.45. The summed E-state index contributed by atoms with van der Waals surface area (Å²) in [6, 6.07) is 18.2. The molecule has 1 atom stereocenters. The van der Waals surface area contributed by atoms with Crippen molar-refractivity contribution in [1.29, 1.82) is 0 Å². The zero-order chi connectivity index (χ0) is 16.5. The lowest BCUT2D eigenvalue weighted by atomic mass is 9.79. The van der Waals surface area contributed by atoms with Gasteiger partial charge in [0.25, 0.3) is 0 Å². The molecule has 2 aromatic rings. The van der Waals surface area contributed by atoms with E-state index in [4.69, 9.17) is 0 Å². The molecule has 2 heteroatoms. The molecule has 0 heterocycles. The standard InChI is InChI=1S/C22H17IO/c23-21-19(13-12-15-6-2-1-3-7-15)17-8-4-5-9-18(17)20(22(21)24)14-16-10-11-16/h1-9,16,20H,10-11,14H2. The largest absolute Gasteiger partial charge is 0.293 e. The molecular weight excluding hydrogens is 407 g/mol. The normalized spacial score (nSPS) is 19.5. The Morgan fingerprint density at radius 3 is 2.42 bits per heavy atom. The van der Waals surface area contributed by atoms with Crippen LogP contribution in [0.2, 0.25) is 0 Å². The van der Waals surface area contributed by atoms with E-state index in [1.807, 2.05) is 42.5 Å². The van der Waals surface area contributed by atoms with Crippen LogP contribution in [-0.4, -0.2) is 5.78 Å². The molecule has 2 aliphatic rings. The molecule has 0 bridgehead atoms. The number of carbonyl (C=O) groups is 1. The molecule has 1 unspecified atom stereocenters. The molecule has 0 aromatic heterocycles. The van der Waals surface area contributed by atoms with Crippen molar-refractivity contribution in [3.05, 3.63) is 74.9 Å². The van der Waals surface area contributed by atoms with Crippen LogP contribution in [0.1, 0.15) is 41.9 Å². The molecule has 0 spiro atoms. The van der Waals surface area contributed by atoms with E-state index in [0.717, 1.165) is 38.2 Å². The molecule has 0 saturated heterocycles. The smallest absolute Gasteiger partial charge is 0.177 e. The summed E-state index contributed by atoms with van der Waals surface area (Å²) >= 11 is 2.19. The maximum atomic E-state index is 12.9. The van der Waals surface area contributed by atoms with Crippen molar-refractivity contribution in [2.75, 3.05) is 0 Å². The van der Waals surface area contributed by atoms with Crippen LogP contribution >= 0.6 is 22.6 Å². The summed E-state index contributed by atoms with van der Waals surface area (Å²) in [6.07, 6.45) is 3.53. The van der Waals surface area contributed by atoms with Gasteiger partial charge in [-0.2, -0.15) is 0 Å². The van der Waals surface area contributed by atoms with Crippen LogP contribution in [0, 0.1) is 17.8 Å². The maximum Gasteiger partial charge on any atom is 0.177 e. The SMILES string of the molecule is O=C1C(I)=C(C#Cc2ccccc2)c2ccccc2C1CC1CC1. The zero-order valence-electron chi connectivity index (χ0n) is 13.3. The number of hydrogen-bond acceptors (Lipinski definition) is 1. The number of hydrogen-bond donors (Lipinski definition) is 0. The van der Waals surface area contributed by atoms with Crippen molar-refractivity contribution >= 4 is 33.9 Å². The lowest BCUT2D eigenvalue weighted by molar-refractivity contribution is -0.116. The number of fused-ring (bicyclic) bond motifs is 1. The van der Waals surface area contributed by atoms with Gasteiger partial charge in [-0.1, -0.05) is 67.1 Å². The van der Waals surface area contributed by atoms with Crippen molar-refractivity contribution in [3.63, 3.8) is 0 Å². The van der Waals surface area contributed by atoms with E-state index in [0.29, 0.717) is 0 Å². The molecule has 0 aliphatic heterocycles. The highest BCUT2D eigenvalue weighted by atomic mass is 127. The Balaban J connectivity index is 1.77. The van der Waals surface area contributed by atoms with Gasteiger partial charge in [0, 0.05) is 17.1 Å². The number of rotatable bonds is 2. The average Bonchev–Trinajstić information content (AvgIpc) is 3.44. The summed E-state index contributed by atoms with van der Waals surface area (Å²) in [5.74, 6) is 7.47. The molecule has 0 N–H and O–H groups in total. The van der Waals surface area contributed by atoms with Gasteiger partial charge in [-0.25, -0.2) is 0 Å². The summed E-state index contributed by atoms with van der Waals surface area (Å²) in [7, 11) is 0. The fourth-order valence-electron chi connectivity index (χ4n) is 3.26. The summed E-state index contributed by atoms with van der Waals surface area (Å²) < 4.78 is 0.792. The number of carbonyl (C=O) groups excluding carboxylic acids is 1. The van der Waals surface area contributed by atoms with Crippen LogP contribution in [0.25, 0.3) is 5.57 Å². The van der Waals surface area contributed by atoms with Gasteiger partial charge in [-0.15, -0.1) is 0 Å². The molecule has 2 aromatic carbocycles. The summed E-state index contributed by atoms with van der Waals surface area (Å²) in [5, 5.41) is 0. The van der Waals surface area contributed by atoms with Gasteiger partial charge in [-0.3, -0.25) is 4.79 Å². The topological polar surface area (TPSA) is 17.1 Å². The second-order valence-corrected chi connectivity index (χ2v) is 7.57. The predicted octanol–water partition coefficient (Wildman–Crippen LogP) is 5.35. The van der Waals surface area contributed by atoms with E-state index >= 15 is 0 Å². The first-order valence-electron chi connectivity index (χ1n) is 8.34. The van der Waals surface area contributed by atoms with Crippen LogP contribution < -0.4 is 0 Å². The maximum absolute atomic E-state index is 12.9. The van der Waals surface area contributed by atoms with Gasteiger partial charge in [0.05, 0.1) is 3.58 Å². The molecule has 0 amide bonds. The van der Waals surface area contributed by atoms with Gasteiger partial charge in [0.2, 0.25) is 0 Å². The third kappa shape index (κ3) is 3.06. The van der Waals surface area contributed by atoms with Gasteiger partial charge in [0.15, 0.2) is 5.78 Å². The Bertz CT molecular complexity index is 879. The second-order valence-electron chi connectivity index (χ2n) is 6.49. The van der Waals surface area contributed by atoms with Gasteiger partial charge < -0.3 is 0 Å². The van der Waals surface area contributed by atoms with Crippen molar-refractivity contribution in [1.82, 2.24) is 0 Å². The number of Topliss-reactive ketones (excluding diaryl/α,β-unsaturated/α-hetero) is 1. The minimum atomic E-state index is 0.0166. The molecule has 4 rings (SSSR count). The monoisotopic (exact) mass is 424 g/mol. The van der Waals surface area contributed by atoms with Gasteiger partial charge in [0.1, 0.15) is 0 Å². The number of ketones is 1. The van der Waals surface area contributed by atoms with Gasteiger partial charge >= 0.3 is 0 Å². The Labute approximate surface area is 156 Å². The average molecular weight is 424 g/mol. The molecular formula is C22H17IO. The first-order chi connectivity index (χ1) is 11.7. The van der Waals surface area contributed by atoms with Crippen molar-refractivity contribution in [3.8, 4) is 11.8 Å². The van der Waals surface area contributed by atoms with Crippen LogP contribution in [0.3, 0.4) is 0 Å². The van der Waals surface area contributed by atoms with E-state index in [1.165, 1.54) is 12.8 Å². The molecule has 1 fully saturated rings. The third-order valence-corrected chi connectivity index (χ3v) is 5.80. The first kappa shape index (κ1) is 15.7. The van der Waals surface area contributed by atoms with E-state index in [9.17, 15) is 4.79 Å². The minimum Gasteiger partial charge on any atom is -0.293 e. The van der Waals surface area contributed by atoms with Crippen LogP contribution in [0.15, 0.2) is 58.2 Å². The Morgan fingerprint density at radius 2 is 1.67 bits per heavy atom. The predicted molar refractivity (Wildman–Crippen MR) is 106 cm³/mol. The highest BCUT2D eigenvalue weighted by Gasteiger charge is 2.36. The molecule has 118 valence electrons. The molecule has 24 heavy (non-hydrogen) atoms. The Kier molecular flexibility index (Phi) is 4.28. The third-order valence-electron chi connectivity index (χ3n) is 4.73. The van der Waals surface area contributed by atoms with Crippen molar-refractivity contribution < 1.29 is 4.79 Å². The summed E-state index contributed by atoms with van der Waals surface area (Å²) in [5.41, 5.74) is 4.15. The number of allylic oxidation sites excluding steroid dienone is 2. The Morgan fingerprint density at radius 1 is 0.958 bits per heavy atom. The van der Waals surface area contributed by atoms with E-state index < -0.39 is 0 Å². The molecule has 1 nitrogen and oxygen atoms in total. The highest BCUT2D eigenvalue weighted by molar-refractivity contribution is 14.1.